The second-order valence-corrected chi connectivity index (χ2v) is 9.63. The van der Waals surface area contributed by atoms with Crippen molar-refractivity contribution in [1.82, 2.24) is 9.71 Å². The molecule has 0 bridgehead atoms. The predicted molar refractivity (Wildman–Crippen MR) is 128 cm³/mol. The predicted octanol–water partition coefficient (Wildman–Crippen LogP) is 3.87. The average Bonchev–Trinajstić information content (AvgIpc) is 2.80. The van der Waals surface area contributed by atoms with Gasteiger partial charge in [-0.2, -0.15) is 0 Å². The Hall–Kier alpha value is -3.27. The monoisotopic (exact) mass is 511 g/mol. The maximum absolute atomic E-state index is 12.8. The van der Waals surface area contributed by atoms with E-state index >= 15 is 0 Å². The summed E-state index contributed by atoms with van der Waals surface area (Å²) in [6, 6.07) is 22.4. The van der Waals surface area contributed by atoms with Crippen LogP contribution in [0, 0.1) is 0 Å². The van der Waals surface area contributed by atoms with E-state index in [1.54, 1.807) is 24.3 Å². The highest BCUT2D eigenvalue weighted by atomic mass is 79.9. The van der Waals surface area contributed by atoms with E-state index in [0.29, 0.717) is 11.1 Å². The molecule has 32 heavy (non-hydrogen) atoms. The molecule has 4 rings (SSSR count). The minimum absolute atomic E-state index is 0.0470. The van der Waals surface area contributed by atoms with Gasteiger partial charge in [0.1, 0.15) is 5.69 Å². The van der Waals surface area contributed by atoms with Gasteiger partial charge in [0.25, 0.3) is 5.56 Å². The highest BCUT2D eigenvalue weighted by Gasteiger charge is 2.19. The van der Waals surface area contributed by atoms with Crippen LogP contribution in [-0.2, 0) is 14.8 Å². The van der Waals surface area contributed by atoms with Gasteiger partial charge in [0.2, 0.25) is 15.9 Å². The number of anilines is 1. The van der Waals surface area contributed by atoms with Crippen LogP contribution in [0.1, 0.15) is 0 Å². The van der Waals surface area contributed by atoms with Crippen molar-refractivity contribution in [3.63, 3.8) is 0 Å². The summed E-state index contributed by atoms with van der Waals surface area (Å²) in [5, 5.41) is 3.32. The summed E-state index contributed by atoms with van der Waals surface area (Å²) in [6.45, 7) is -0.526. The van der Waals surface area contributed by atoms with Crippen LogP contribution in [0.25, 0.3) is 22.0 Å². The lowest BCUT2D eigenvalue weighted by Gasteiger charge is -2.14. The van der Waals surface area contributed by atoms with E-state index in [1.807, 2.05) is 42.5 Å². The number of carbonyl (C=O) groups is 1. The maximum atomic E-state index is 12.8. The lowest BCUT2D eigenvalue weighted by atomic mass is 9.99. The van der Waals surface area contributed by atoms with Crippen LogP contribution < -0.4 is 15.6 Å². The first-order valence-corrected chi connectivity index (χ1v) is 11.9. The quantitative estimate of drug-likeness (QED) is 0.365. The summed E-state index contributed by atoms with van der Waals surface area (Å²) >= 11 is 3.45. The van der Waals surface area contributed by atoms with Crippen molar-refractivity contribution in [2.75, 3.05) is 11.9 Å². The third-order valence-corrected chi connectivity index (χ3v) is 6.69. The molecule has 4 aromatic rings. The molecule has 0 aliphatic heterocycles. The van der Waals surface area contributed by atoms with Gasteiger partial charge in [-0.3, -0.25) is 9.59 Å². The number of benzene rings is 3. The zero-order chi connectivity index (χ0) is 22.7. The zero-order valence-corrected chi connectivity index (χ0v) is 19.0. The number of fused-ring (bicyclic) bond motifs is 1. The van der Waals surface area contributed by atoms with Crippen molar-refractivity contribution < 1.29 is 13.2 Å². The van der Waals surface area contributed by atoms with Gasteiger partial charge in [-0.05, 0) is 35.9 Å². The average molecular weight is 512 g/mol. The van der Waals surface area contributed by atoms with Gasteiger partial charge in [0.15, 0.2) is 0 Å². The normalized spacial score (nSPS) is 11.4. The molecule has 0 saturated carbocycles. The van der Waals surface area contributed by atoms with E-state index in [4.69, 9.17) is 0 Å². The largest absolute Gasteiger partial charge is 0.320 e. The molecule has 0 atom stereocenters. The Morgan fingerprint density at radius 2 is 1.59 bits per heavy atom. The second-order valence-electron chi connectivity index (χ2n) is 6.95. The van der Waals surface area contributed by atoms with Crippen molar-refractivity contribution in [3.05, 3.63) is 93.7 Å². The Morgan fingerprint density at radius 3 is 2.28 bits per heavy atom. The number of aromatic amines is 1. The number of sulfonamides is 1. The van der Waals surface area contributed by atoms with Gasteiger partial charge in [-0.1, -0.05) is 64.5 Å². The number of pyridine rings is 1. The summed E-state index contributed by atoms with van der Waals surface area (Å²) in [6.07, 6.45) is 0. The smallest absolute Gasteiger partial charge is 0.272 e. The van der Waals surface area contributed by atoms with Crippen molar-refractivity contribution in [3.8, 4) is 11.1 Å². The highest BCUT2D eigenvalue weighted by molar-refractivity contribution is 9.10. The van der Waals surface area contributed by atoms with E-state index in [0.717, 1.165) is 15.4 Å². The van der Waals surface area contributed by atoms with Crippen LogP contribution in [0.5, 0.6) is 0 Å². The van der Waals surface area contributed by atoms with Gasteiger partial charge >= 0.3 is 0 Å². The molecule has 0 aliphatic rings. The summed E-state index contributed by atoms with van der Waals surface area (Å²) in [5.41, 5.74) is 1.45. The zero-order valence-electron chi connectivity index (χ0n) is 16.6. The fraction of sp³-hybridized carbons (Fsp3) is 0.0435. The summed E-state index contributed by atoms with van der Waals surface area (Å²) in [7, 11) is -3.86. The summed E-state index contributed by atoms with van der Waals surface area (Å²) in [4.78, 5) is 28.3. The molecule has 0 saturated heterocycles. The van der Waals surface area contributed by atoms with E-state index < -0.39 is 28.0 Å². The molecule has 0 spiro atoms. The van der Waals surface area contributed by atoms with Gasteiger partial charge in [-0.15, -0.1) is 0 Å². The first-order chi connectivity index (χ1) is 15.3. The topological polar surface area (TPSA) is 108 Å². The molecular formula is C23H18BrN3O4S. The number of hydrogen-bond acceptors (Lipinski definition) is 4. The Morgan fingerprint density at radius 1 is 0.938 bits per heavy atom. The number of H-pyrrole nitrogens is 1. The van der Waals surface area contributed by atoms with Gasteiger partial charge in [-0.25, -0.2) is 13.1 Å². The molecule has 9 heteroatoms. The number of hydrogen-bond donors (Lipinski definition) is 3. The van der Waals surface area contributed by atoms with Crippen LogP contribution in [0.4, 0.5) is 5.69 Å². The lowest BCUT2D eigenvalue weighted by Crippen LogP contribution is -2.34. The lowest BCUT2D eigenvalue weighted by molar-refractivity contribution is -0.115. The number of carbonyl (C=O) groups excluding carboxylic acids is 1. The second kappa shape index (κ2) is 9.07. The summed E-state index contributed by atoms with van der Waals surface area (Å²) < 4.78 is 27.9. The molecule has 0 radical (unpaired) electrons. The van der Waals surface area contributed by atoms with Crippen LogP contribution >= 0.6 is 15.9 Å². The van der Waals surface area contributed by atoms with Crippen LogP contribution in [0.3, 0.4) is 0 Å². The van der Waals surface area contributed by atoms with E-state index in [1.165, 1.54) is 12.1 Å². The molecule has 0 aliphatic carbocycles. The molecule has 162 valence electrons. The molecule has 1 amide bonds. The van der Waals surface area contributed by atoms with Crippen molar-refractivity contribution in [1.29, 1.82) is 0 Å². The van der Waals surface area contributed by atoms with Gasteiger partial charge < -0.3 is 10.3 Å². The van der Waals surface area contributed by atoms with E-state index in [-0.39, 0.29) is 10.6 Å². The number of halogens is 1. The Kier molecular flexibility index (Phi) is 6.22. The van der Waals surface area contributed by atoms with Crippen LogP contribution in [0.2, 0.25) is 0 Å². The Labute approximate surface area is 192 Å². The third kappa shape index (κ3) is 4.64. The third-order valence-electron chi connectivity index (χ3n) is 4.78. The van der Waals surface area contributed by atoms with E-state index in [9.17, 15) is 18.0 Å². The first kappa shape index (κ1) is 21.9. The number of aromatic nitrogens is 1. The standard InChI is InChI=1S/C23H18BrN3O4S/c24-16-11-12-19-18(13-16)21(15-7-3-1-4-8-15)22(23(29)26-19)27-20(28)14-25-32(30,31)17-9-5-2-6-10-17/h1-13,25H,14H2,(H,26,29)(H,27,28). The van der Waals surface area contributed by atoms with Crippen molar-refractivity contribution >= 4 is 48.5 Å². The fourth-order valence-electron chi connectivity index (χ4n) is 3.32. The molecule has 0 fully saturated rings. The highest BCUT2D eigenvalue weighted by Crippen LogP contribution is 2.33. The summed E-state index contributed by atoms with van der Waals surface area (Å²) in [5.74, 6) is -0.665. The number of rotatable bonds is 6. The number of nitrogens with one attached hydrogen (secondary N) is 3. The van der Waals surface area contributed by atoms with Crippen LogP contribution in [-0.4, -0.2) is 25.9 Å². The minimum atomic E-state index is -3.86. The van der Waals surface area contributed by atoms with Gasteiger partial charge in [0.05, 0.1) is 11.4 Å². The van der Waals surface area contributed by atoms with Crippen LogP contribution in [0.15, 0.2) is 93.0 Å². The molecule has 3 N–H and O–H groups in total. The minimum Gasteiger partial charge on any atom is -0.320 e. The molecule has 3 aromatic carbocycles. The van der Waals surface area contributed by atoms with Crippen molar-refractivity contribution in [2.24, 2.45) is 0 Å². The van der Waals surface area contributed by atoms with E-state index in [2.05, 4.69) is 31.0 Å². The molecule has 0 unspecified atom stereocenters. The first-order valence-electron chi connectivity index (χ1n) is 9.61. The van der Waals surface area contributed by atoms with Crippen molar-refractivity contribution in [2.45, 2.75) is 4.90 Å². The number of amides is 1. The molecular weight excluding hydrogens is 494 g/mol. The molecule has 1 aromatic heterocycles. The SMILES string of the molecule is O=C(CNS(=O)(=O)c1ccccc1)Nc1c(-c2ccccc2)c2cc(Br)ccc2[nH]c1=O. The Balaban J connectivity index is 1.69. The maximum Gasteiger partial charge on any atom is 0.272 e. The van der Waals surface area contributed by atoms with Gasteiger partial charge in [0, 0.05) is 20.9 Å². The molecule has 7 nitrogen and oxygen atoms in total. The molecule has 1 heterocycles. The fourth-order valence-corrected chi connectivity index (χ4v) is 4.68. The Bertz CT molecular complexity index is 1450.